The summed E-state index contributed by atoms with van der Waals surface area (Å²) in [5.41, 5.74) is 4.56. The quantitative estimate of drug-likeness (QED) is 0.203. The molecule has 0 aliphatic rings. The number of hydrogen-bond acceptors (Lipinski definition) is 2. The number of rotatable bonds is 1. The van der Waals surface area contributed by atoms with Crippen molar-refractivity contribution in [2.75, 3.05) is 0 Å². The largest absolute Gasteiger partial charge is 0.351 e. The van der Waals surface area contributed by atoms with E-state index in [1.807, 2.05) is 0 Å². The van der Waals surface area contributed by atoms with Gasteiger partial charge in [-0.3, -0.25) is 5.42 Å². The number of primary amides is 1. The van der Waals surface area contributed by atoms with Crippen LogP contribution in [0.15, 0.2) is 0 Å². The van der Waals surface area contributed by atoms with Gasteiger partial charge in [-0.1, -0.05) is 0 Å². The lowest BCUT2D eigenvalue weighted by atomic mass is 11.2. The second-order valence-electron chi connectivity index (χ2n) is 0.450. The van der Waals surface area contributed by atoms with Crippen molar-refractivity contribution in [3.63, 3.8) is 0 Å². The lowest BCUT2D eigenvalue weighted by Gasteiger charge is -1.81. The fourth-order valence-electron chi connectivity index (χ4n) is 0. The van der Waals surface area contributed by atoms with Crippen molar-refractivity contribution in [2.45, 2.75) is 0 Å². The molecule has 0 bridgehead atoms. The molecule has 0 aromatic carbocycles. The molecule has 0 spiro atoms. The number of urea groups is 1. The van der Waals surface area contributed by atoms with Gasteiger partial charge in [-0.05, 0) is 0 Å². The van der Waals surface area contributed by atoms with Gasteiger partial charge in [0.1, 0.15) is 1.41 Å². The number of nitrogens with two attached hydrogens (primary N) is 2. The van der Waals surface area contributed by atoms with Crippen LogP contribution in [-0.4, -0.2) is 6.03 Å². The molecule has 0 radical (unpaired) electrons. The van der Waals surface area contributed by atoms with Crippen molar-refractivity contribution in [1.29, 1.82) is 0 Å². The first-order valence-electron chi connectivity index (χ1n) is 1.89. The van der Waals surface area contributed by atoms with E-state index in [2.05, 4.69) is 5.73 Å². The Bertz CT molecular complexity index is 75.3. The highest BCUT2D eigenvalue weighted by Crippen LogP contribution is 1.34. The number of hydrazine groups is 1. The Hall–Kier alpha value is -0.770. The molecule has 0 heterocycles. The second kappa shape index (κ2) is 1.54. The number of nitrogens with one attached hydrogen (secondary N) is 1. The number of carbonyl (C=O) groups is 1. The molecule has 0 aromatic rings. The van der Waals surface area contributed by atoms with Crippen LogP contribution in [0.2, 0.25) is 2.82 Å². The number of carbonyl (C=O) groups excluding carboxylic acids is 1. The summed E-state index contributed by atoms with van der Waals surface area (Å²) in [7, 11) is 0. The summed E-state index contributed by atoms with van der Waals surface area (Å²) in [5.74, 6) is 1.44. The van der Waals surface area contributed by atoms with E-state index in [0.29, 0.717) is 0 Å². The van der Waals surface area contributed by atoms with Crippen molar-refractivity contribution in [3.8, 4) is 0 Å². The van der Waals surface area contributed by atoms with Gasteiger partial charge >= 0.3 is 6.03 Å². The van der Waals surface area contributed by atoms with Crippen LogP contribution in [-0.2, 0) is 0 Å². The highest BCUT2D eigenvalue weighted by molar-refractivity contribution is 5.70. The van der Waals surface area contributed by atoms with E-state index in [9.17, 15) is 4.79 Å². The smallest absolute Gasteiger partial charge is 0.326 e. The Morgan fingerprint density at radius 1 is 2.40 bits per heavy atom. The van der Waals surface area contributed by atoms with Crippen LogP contribution in [0.1, 0.15) is 0 Å². The van der Waals surface area contributed by atoms with Crippen LogP contribution < -0.4 is 17.0 Å². The highest BCUT2D eigenvalue weighted by Gasteiger charge is 1.73. The third-order valence-electron chi connectivity index (χ3n) is 0.110. The summed E-state index contributed by atoms with van der Waals surface area (Å²) >= 11 is 0. The molecule has 0 atom stereocenters. The van der Waals surface area contributed by atoms with E-state index in [1.54, 1.807) is 0 Å². The third kappa shape index (κ3) is 3.23. The van der Waals surface area contributed by atoms with Gasteiger partial charge in [0, 0.05) is 0 Å². The molecule has 0 aliphatic carbocycles. The lowest BCUT2D eigenvalue weighted by Crippen LogP contribution is -2.34. The van der Waals surface area contributed by atoms with Crippen molar-refractivity contribution in [2.24, 2.45) is 11.6 Å². The van der Waals surface area contributed by atoms with Gasteiger partial charge in [0.15, 0.2) is 1.41 Å². The number of amides is 2. The Morgan fingerprint density at radius 3 is 3.00 bits per heavy atom. The average Bonchev–Trinajstić information content (AvgIpc) is 1.65. The summed E-state index contributed by atoms with van der Waals surface area (Å²) in [6.07, 6.45) is 0. The maximum absolute atomic E-state index is 9.71. The van der Waals surface area contributed by atoms with Gasteiger partial charge in [0.2, 0.25) is 0 Å². The standard InChI is InChI=1S/CH5N3O/c2-1(5)4-3/h3H2,(H3,2,4,5)/i/hD2. The van der Waals surface area contributed by atoms with Crippen LogP contribution in [0.25, 0.3) is 0 Å². The topological polar surface area (TPSA) is 81.1 Å². The van der Waals surface area contributed by atoms with E-state index < -0.39 is 6.03 Å². The van der Waals surface area contributed by atoms with Crippen LogP contribution in [0.4, 0.5) is 4.79 Å². The van der Waals surface area contributed by atoms with Gasteiger partial charge in [0.05, 0.1) is 0 Å². The van der Waals surface area contributed by atoms with E-state index in [4.69, 9.17) is 2.82 Å². The first-order valence-corrected chi connectivity index (χ1v) is 0.940. The monoisotopic (exact) mass is 77.1 g/mol. The molecular weight excluding hydrogens is 70.0 g/mol. The molecule has 30 valence electrons. The van der Waals surface area contributed by atoms with Crippen LogP contribution in [0.3, 0.4) is 0 Å². The summed E-state index contributed by atoms with van der Waals surface area (Å²) < 4.78 is 12.5. The van der Waals surface area contributed by atoms with Gasteiger partial charge in [0.25, 0.3) is 0 Å². The van der Waals surface area contributed by atoms with Gasteiger partial charge in [-0.2, -0.15) is 0 Å². The molecule has 5 N–H and O–H groups in total. The predicted molar refractivity (Wildman–Crippen MR) is 16.9 cm³/mol. The fraction of sp³-hybridized carbons (Fsp3) is 0. The van der Waals surface area contributed by atoms with Crippen LogP contribution in [0, 0.1) is 0 Å². The van der Waals surface area contributed by atoms with Crippen LogP contribution in [0.5, 0.6) is 0 Å². The Morgan fingerprint density at radius 2 is 3.00 bits per heavy atom. The first kappa shape index (κ1) is 1.61. The summed E-state index contributed by atoms with van der Waals surface area (Å²) in [6.45, 7) is 0. The third-order valence-corrected chi connectivity index (χ3v) is 0.110. The molecule has 2 amide bonds. The highest BCUT2D eigenvalue weighted by atomic mass is 16.2. The van der Waals surface area contributed by atoms with E-state index >= 15 is 0 Å². The molecule has 0 aromatic heterocycles. The summed E-state index contributed by atoms with van der Waals surface area (Å²) in [4.78, 5) is 9.71. The van der Waals surface area contributed by atoms with E-state index in [-0.39, 0.29) is 5.42 Å². The first-order chi connectivity index (χ1) is 3.18. The average molecular weight is 77.1 g/mol. The molecule has 0 aliphatic heterocycles. The Balaban J connectivity index is 3.34. The molecule has 0 saturated heterocycles. The van der Waals surface area contributed by atoms with Gasteiger partial charge in [-0.25, -0.2) is 10.6 Å². The van der Waals surface area contributed by atoms with E-state index in [1.165, 1.54) is 5.84 Å². The van der Waals surface area contributed by atoms with Crippen molar-refractivity contribution in [1.82, 2.24) is 5.42 Å². The predicted octanol–water partition coefficient (Wildman–Crippen LogP) is -1.47. The van der Waals surface area contributed by atoms with Gasteiger partial charge < -0.3 is 5.73 Å². The maximum Gasteiger partial charge on any atom is 0.326 e. The zero-order valence-corrected chi connectivity index (χ0v) is 2.43. The molecule has 0 unspecified atom stereocenters. The van der Waals surface area contributed by atoms with Crippen LogP contribution >= 0.6 is 0 Å². The van der Waals surface area contributed by atoms with E-state index in [0.717, 1.165) is 0 Å². The molecule has 5 heavy (non-hydrogen) atoms. The summed E-state index contributed by atoms with van der Waals surface area (Å²) in [5, 5.41) is 0. The molecule has 4 nitrogen and oxygen atoms in total. The minimum atomic E-state index is -1.00. The normalized spacial score (nSPS) is 12.0. The zero-order chi connectivity index (χ0) is 5.86. The second-order valence-corrected chi connectivity index (χ2v) is 0.450. The SMILES string of the molecule is [2H]NN([2H])C(N)=O. The molecular formula is CH5N3O. The minimum Gasteiger partial charge on any atom is -0.351 e. The molecule has 0 saturated carbocycles. The molecule has 4 heteroatoms. The number of hydrogen-bond donors (Lipinski definition) is 3. The zero-order valence-electron chi connectivity index (χ0n) is 4.43. The van der Waals surface area contributed by atoms with Gasteiger partial charge in [-0.15, -0.1) is 0 Å². The Labute approximate surface area is 32.0 Å². The Kier molecular flexibility index (Phi) is 0.497. The maximum atomic E-state index is 9.71. The molecule has 0 fully saturated rings. The van der Waals surface area contributed by atoms with Crippen molar-refractivity contribution in [3.05, 3.63) is 0 Å². The lowest BCUT2D eigenvalue weighted by molar-refractivity contribution is 0.249. The van der Waals surface area contributed by atoms with Crippen molar-refractivity contribution >= 4 is 6.03 Å². The molecule has 0 rings (SSSR count). The summed E-state index contributed by atoms with van der Waals surface area (Å²) in [6, 6.07) is -1.00. The van der Waals surface area contributed by atoms with Crippen molar-refractivity contribution < 1.29 is 7.62 Å². The fourth-order valence-corrected chi connectivity index (χ4v) is 0. The minimum absolute atomic E-state index is 0.0972.